The van der Waals surface area contributed by atoms with Crippen molar-refractivity contribution in [2.24, 2.45) is 0 Å². The Labute approximate surface area is 133 Å². The van der Waals surface area contributed by atoms with Gasteiger partial charge in [-0.15, -0.1) is 0 Å². The fourth-order valence-electron chi connectivity index (χ4n) is 3.70. The first-order chi connectivity index (χ1) is 11.3. The van der Waals surface area contributed by atoms with E-state index in [1.165, 1.54) is 26.9 Å². The van der Waals surface area contributed by atoms with Gasteiger partial charge in [0.05, 0.1) is 0 Å². The number of hydrogen-bond acceptors (Lipinski definition) is 0. The van der Waals surface area contributed by atoms with E-state index in [1.54, 1.807) is 12.1 Å². The summed E-state index contributed by atoms with van der Waals surface area (Å²) in [6, 6.07) is 26.6. The van der Waals surface area contributed by atoms with Gasteiger partial charge in [0.25, 0.3) is 0 Å². The molecule has 1 heteroatoms. The monoisotopic (exact) mass is 293 g/mol. The molecule has 0 aliphatic heterocycles. The van der Waals surface area contributed by atoms with Crippen molar-refractivity contribution in [2.45, 2.75) is 0 Å². The molecule has 5 aromatic rings. The smallest absolute Gasteiger partial charge is 0.179 e. The molecule has 0 aromatic heterocycles. The predicted molar refractivity (Wildman–Crippen MR) is 96.6 cm³/mol. The van der Waals surface area contributed by atoms with Gasteiger partial charge >= 0.3 is 0 Å². The molecule has 0 aliphatic carbocycles. The van der Waals surface area contributed by atoms with Crippen LogP contribution in [0.15, 0.2) is 78.9 Å². The zero-order chi connectivity index (χ0) is 15.4. The van der Waals surface area contributed by atoms with Gasteiger partial charge in [-0.1, -0.05) is 60.7 Å². The topological polar surface area (TPSA) is 19.9 Å². The van der Waals surface area contributed by atoms with E-state index in [9.17, 15) is 5.11 Å². The molecule has 5 aromatic carbocycles. The maximum absolute atomic E-state index is 11.9. The minimum atomic E-state index is 0.0581. The van der Waals surface area contributed by atoms with Crippen LogP contribution in [0.3, 0.4) is 0 Å². The number of hydrogen-bond donors (Lipinski definition) is 0. The van der Waals surface area contributed by atoms with E-state index in [0.717, 1.165) is 16.2 Å². The van der Waals surface area contributed by atoms with Crippen molar-refractivity contribution >= 4 is 43.1 Å². The minimum Gasteiger partial charge on any atom is -0.290 e. The summed E-state index contributed by atoms with van der Waals surface area (Å²) < 4.78 is 0. The van der Waals surface area contributed by atoms with Gasteiger partial charge in [-0.2, -0.15) is 0 Å². The van der Waals surface area contributed by atoms with Crippen LogP contribution in [0.1, 0.15) is 0 Å². The molecule has 107 valence electrons. The SMILES string of the molecule is [O]c1ccc2c(c1)c1ccccc1c1c3ccccc3ccc21. The van der Waals surface area contributed by atoms with Crippen molar-refractivity contribution < 1.29 is 5.11 Å². The third-order valence-electron chi connectivity index (χ3n) is 4.70. The Morgan fingerprint density at radius 3 is 1.96 bits per heavy atom. The lowest BCUT2D eigenvalue weighted by Crippen LogP contribution is -1.84. The Morgan fingerprint density at radius 2 is 1.09 bits per heavy atom. The molecule has 0 bridgehead atoms. The average molecular weight is 293 g/mol. The van der Waals surface area contributed by atoms with Gasteiger partial charge < -0.3 is 0 Å². The van der Waals surface area contributed by atoms with Crippen LogP contribution in [0, 0.1) is 0 Å². The molecule has 5 rings (SSSR count). The molecule has 0 spiro atoms. The lowest BCUT2D eigenvalue weighted by Gasteiger charge is -2.12. The van der Waals surface area contributed by atoms with Crippen molar-refractivity contribution in [3.63, 3.8) is 0 Å². The van der Waals surface area contributed by atoms with Crippen LogP contribution in [0.2, 0.25) is 0 Å². The van der Waals surface area contributed by atoms with Gasteiger partial charge in [0.15, 0.2) is 5.75 Å². The van der Waals surface area contributed by atoms with Gasteiger partial charge in [0.1, 0.15) is 0 Å². The van der Waals surface area contributed by atoms with E-state index in [0.29, 0.717) is 0 Å². The zero-order valence-electron chi connectivity index (χ0n) is 12.4. The summed E-state index contributed by atoms with van der Waals surface area (Å²) in [4.78, 5) is 0. The molecule has 0 fully saturated rings. The number of benzene rings is 5. The van der Waals surface area contributed by atoms with Crippen molar-refractivity contribution in [3.05, 3.63) is 78.9 Å². The summed E-state index contributed by atoms with van der Waals surface area (Å²) in [7, 11) is 0. The highest BCUT2D eigenvalue weighted by molar-refractivity contribution is 6.31. The number of fused-ring (bicyclic) bond motifs is 8. The molecule has 0 saturated carbocycles. The standard InChI is InChI=1S/C22H13O/c23-15-10-12-18-20-11-9-14-5-1-2-6-16(14)22(20)19-8-4-3-7-17(19)21(18)13-15/h1-13H. The van der Waals surface area contributed by atoms with Gasteiger partial charge in [-0.3, -0.25) is 5.11 Å². The molecule has 1 nitrogen and oxygen atoms in total. The lowest BCUT2D eigenvalue weighted by atomic mass is 9.91. The highest BCUT2D eigenvalue weighted by atomic mass is 16.3. The van der Waals surface area contributed by atoms with Gasteiger partial charge in [-0.05, 0) is 61.3 Å². The zero-order valence-corrected chi connectivity index (χ0v) is 12.4. The summed E-state index contributed by atoms with van der Waals surface area (Å²) >= 11 is 0. The molecule has 0 unspecified atom stereocenters. The van der Waals surface area contributed by atoms with Crippen LogP contribution in [0.5, 0.6) is 5.75 Å². The van der Waals surface area contributed by atoms with Crippen LogP contribution >= 0.6 is 0 Å². The number of rotatable bonds is 0. The molecule has 0 amide bonds. The van der Waals surface area contributed by atoms with Crippen molar-refractivity contribution in [1.29, 1.82) is 0 Å². The molecule has 0 heterocycles. The van der Waals surface area contributed by atoms with Gasteiger partial charge in [-0.25, -0.2) is 0 Å². The summed E-state index contributed by atoms with van der Waals surface area (Å²) in [6.45, 7) is 0. The Kier molecular flexibility index (Phi) is 2.42. The third-order valence-corrected chi connectivity index (χ3v) is 4.70. The average Bonchev–Trinajstić information content (AvgIpc) is 2.61. The fraction of sp³-hybridized carbons (Fsp3) is 0. The first-order valence-corrected chi connectivity index (χ1v) is 7.76. The van der Waals surface area contributed by atoms with Crippen LogP contribution in [-0.4, -0.2) is 0 Å². The predicted octanol–water partition coefficient (Wildman–Crippen LogP) is 6.44. The Morgan fingerprint density at radius 1 is 0.478 bits per heavy atom. The van der Waals surface area contributed by atoms with Gasteiger partial charge in [0, 0.05) is 0 Å². The Hall–Kier alpha value is -3.06. The summed E-state index contributed by atoms with van der Waals surface area (Å²) in [5, 5.41) is 21.4. The summed E-state index contributed by atoms with van der Waals surface area (Å²) in [5.74, 6) is 0.0581. The summed E-state index contributed by atoms with van der Waals surface area (Å²) in [6.07, 6.45) is 0. The molecule has 1 radical (unpaired) electrons. The molecular weight excluding hydrogens is 280 g/mol. The van der Waals surface area contributed by atoms with E-state index in [2.05, 4.69) is 54.6 Å². The quantitative estimate of drug-likeness (QED) is 0.293. The van der Waals surface area contributed by atoms with Crippen LogP contribution < -0.4 is 0 Å². The van der Waals surface area contributed by atoms with E-state index >= 15 is 0 Å². The largest absolute Gasteiger partial charge is 0.290 e. The Bertz CT molecular complexity index is 1200. The highest BCUT2D eigenvalue weighted by Gasteiger charge is 2.11. The van der Waals surface area contributed by atoms with Crippen LogP contribution in [0.4, 0.5) is 0 Å². The molecule has 0 aliphatic rings. The normalized spacial score (nSPS) is 11.7. The molecular formula is C22H13O. The second-order valence-corrected chi connectivity index (χ2v) is 5.96. The van der Waals surface area contributed by atoms with Crippen LogP contribution in [-0.2, 0) is 5.11 Å². The fourth-order valence-corrected chi connectivity index (χ4v) is 3.70. The molecule has 23 heavy (non-hydrogen) atoms. The molecule has 0 saturated heterocycles. The van der Waals surface area contributed by atoms with Crippen LogP contribution in [0.25, 0.3) is 43.1 Å². The first-order valence-electron chi connectivity index (χ1n) is 7.76. The van der Waals surface area contributed by atoms with Crippen molar-refractivity contribution in [2.75, 3.05) is 0 Å². The van der Waals surface area contributed by atoms with E-state index < -0.39 is 0 Å². The summed E-state index contributed by atoms with van der Waals surface area (Å²) in [5.41, 5.74) is 0. The van der Waals surface area contributed by atoms with Crippen molar-refractivity contribution in [1.82, 2.24) is 0 Å². The van der Waals surface area contributed by atoms with E-state index in [4.69, 9.17) is 0 Å². The Balaban J connectivity index is 2.21. The third kappa shape index (κ3) is 1.68. The molecule has 0 atom stereocenters. The lowest BCUT2D eigenvalue weighted by molar-refractivity contribution is 0.355. The van der Waals surface area contributed by atoms with E-state index in [-0.39, 0.29) is 5.75 Å². The maximum atomic E-state index is 11.9. The first kappa shape index (κ1) is 12.5. The molecule has 0 N–H and O–H groups in total. The highest BCUT2D eigenvalue weighted by Crippen LogP contribution is 2.39. The minimum absolute atomic E-state index is 0.0581. The van der Waals surface area contributed by atoms with E-state index in [1.807, 2.05) is 12.1 Å². The van der Waals surface area contributed by atoms with Crippen molar-refractivity contribution in [3.8, 4) is 5.75 Å². The second-order valence-electron chi connectivity index (χ2n) is 5.96. The van der Waals surface area contributed by atoms with Gasteiger partial charge in [0.2, 0.25) is 0 Å². The maximum Gasteiger partial charge on any atom is 0.179 e. The second kappa shape index (κ2) is 4.47.